The molecule has 14 heteroatoms. The number of carbonyl (C=O) groups is 1. The van der Waals surface area contributed by atoms with Gasteiger partial charge in [-0.25, -0.2) is 34.9 Å². The monoisotopic (exact) mass is 718 g/mol. The number of halogens is 1. The van der Waals surface area contributed by atoms with Gasteiger partial charge in [0.2, 0.25) is 0 Å². The average molecular weight is 719 g/mol. The molecule has 6 rings (SSSR count). The molecule has 50 heavy (non-hydrogen) atoms. The van der Waals surface area contributed by atoms with Crippen LogP contribution in [0.15, 0.2) is 108 Å². The van der Waals surface area contributed by atoms with E-state index >= 15 is 4.39 Å². The van der Waals surface area contributed by atoms with Gasteiger partial charge in [0.1, 0.15) is 28.4 Å². The summed E-state index contributed by atoms with van der Waals surface area (Å²) in [6.07, 6.45) is 6.52. The van der Waals surface area contributed by atoms with Crippen LogP contribution in [0.3, 0.4) is 0 Å². The third kappa shape index (κ3) is 7.12. The van der Waals surface area contributed by atoms with Crippen LogP contribution in [-0.2, 0) is 42.4 Å². The summed E-state index contributed by atoms with van der Waals surface area (Å²) in [6.45, 7) is 3.88. The summed E-state index contributed by atoms with van der Waals surface area (Å²) in [5.74, 6) is 0.195. The fourth-order valence-electron chi connectivity index (χ4n) is 5.69. The van der Waals surface area contributed by atoms with E-state index in [1.165, 1.54) is 19.2 Å². The van der Waals surface area contributed by atoms with Crippen LogP contribution in [0.4, 0.5) is 4.39 Å². The number of benzene rings is 3. The highest BCUT2D eigenvalue weighted by Crippen LogP contribution is 2.40. The predicted octanol–water partition coefficient (Wildman–Crippen LogP) is 6.36. The Bertz CT molecular complexity index is 2380. The normalized spacial score (nSPS) is 16.6. The smallest absolute Gasteiger partial charge is 0.306 e. The van der Waals surface area contributed by atoms with Gasteiger partial charge in [-0.3, -0.25) is 4.79 Å². The van der Waals surface area contributed by atoms with E-state index in [1.807, 2.05) is 36.4 Å². The molecule has 1 aliphatic rings. The molecule has 0 N–H and O–H groups in total. The molecular formula is C36H35FN4O7S2. The zero-order valence-corrected chi connectivity index (χ0v) is 29.2. The second-order valence-electron chi connectivity index (χ2n) is 12.2. The summed E-state index contributed by atoms with van der Waals surface area (Å²) >= 11 is 0. The van der Waals surface area contributed by atoms with Crippen LogP contribution in [0, 0.1) is 0 Å². The van der Waals surface area contributed by atoms with Gasteiger partial charge < -0.3 is 9.47 Å². The first-order valence-electron chi connectivity index (χ1n) is 15.8. The molecule has 0 radical (unpaired) electrons. The van der Waals surface area contributed by atoms with E-state index < -0.39 is 30.4 Å². The number of ether oxygens (including phenoxy) is 2. The zero-order chi connectivity index (χ0) is 35.7. The van der Waals surface area contributed by atoms with Crippen molar-refractivity contribution in [2.45, 2.75) is 44.4 Å². The van der Waals surface area contributed by atoms with Gasteiger partial charge in [-0.05, 0) is 80.3 Å². The molecule has 2 aromatic heterocycles. The van der Waals surface area contributed by atoms with Crippen LogP contribution in [0.1, 0.15) is 37.8 Å². The fourth-order valence-corrected chi connectivity index (χ4v) is 8.07. The number of aryl methyl sites for hydroxylation is 1. The van der Waals surface area contributed by atoms with Crippen molar-refractivity contribution in [1.29, 1.82) is 0 Å². The Morgan fingerprint density at radius 1 is 0.980 bits per heavy atom. The minimum Gasteiger partial charge on any atom is -0.466 e. The van der Waals surface area contributed by atoms with Gasteiger partial charge in [-0.15, -0.1) is 0 Å². The van der Waals surface area contributed by atoms with Crippen LogP contribution in [0.2, 0.25) is 0 Å². The molecule has 1 unspecified atom stereocenters. The Balaban J connectivity index is 1.15. The van der Waals surface area contributed by atoms with Gasteiger partial charge in [-0.2, -0.15) is 5.10 Å². The van der Waals surface area contributed by atoms with E-state index in [-0.39, 0.29) is 17.3 Å². The van der Waals surface area contributed by atoms with Crippen LogP contribution < -0.4 is 4.74 Å². The summed E-state index contributed by atoms with van der Waals surface area (Å²) in [5, 5.41) is 5.18. The number of hydrogen-bond donors (Lipinski definition) is 0. The highest BCUT2D eigenvalue weighted by molar-refractivity contribution is 7.94. The number of sulfone groups is 1. The van der Waals surface area contributed by atoms with Gasteiger partial charge in [-0.1, -0.05) is 42.5 Å². The lowest BCUT2D eigenvalue weighted by Crippen LogP contribution is -2.41. The van der Waals surface area contributed by atoms with Crippen molar-refractivity contribution in [3.63, 3.8) is 0 Å². The highest BCUT2D eigenvalue weighted by atomic mass is 32.2. The number of esters is 1. The van der Waals surface area contributed by atoms with E-state index in [9.17, 15) is 21.6 Å². The summed E-state index contributed by atoms with van der Waals surface area (Å²) < 4.78 is 78.4. The molecule has 0 spiro atoms. The Hall–Kier alpha value is -5.08. The van der Waals surface area contributed by atoms with Crippen molar-refractivity contribution in [2.24, 2.45) is 0 Å². The van der Waals surface area contributed by atoms with Crippen molar-refractivity contribution < 1.29 is 35.5 Å². The van der Waals surface area contributed by atoms with Crippen LogP contribution in [0.5, 0.6) is 11.5 Å². The van der Waals surface area contributed by atoms with Gasteiger partial charge in [0.15, 0.2) is 15.7 Å². The second-order valence-corrected chi connectivity index (χ2v) is 16.4. The Morgan fingerprint density at radius 3 is 2.50 bits per heavy atom. The molecule has 1 atom stereocenters. The molecule has 0 aliphatic heterocycles. The first-order valence-corrected chi connectivity index (χ1v) is 19.2. The fraction of sp³-hybridized carbons (Fsp3) is 0.250. The molecule has 0 saturated heterocycles. The number of allylic oxidation sites excluding steroid dienone is 2. The molecule has 3 aromatic carbocycles. The maximum Gasteiger partial charge on any atom is 0.306 e. The number of aromatic nitrogens is 4. The van der Waals surface area contributed by atoms with Gasteiger partial charge in [0.25, 0.3) is 10.0 Å². The lowest BCUT2D eigenvalue weighted by molar-refractivity contribution is -0.143. The van der Waals surface area contributed by atoms with Crippen molar-refractivity contribution in [2.75, 3.05) is 12.9 Å². The molecule has 2 heterocycles. The van der Waals surface area contributed by atoms with Crippen molar-refractivity contribution >= 4 is 36.7 Å². The summed E-state index contributed by atoms with van der Waals surface area (Å²) in [6, 6.07) is 21.7. The first-order chi connectivity index (χ1) is 23.8. The van der Waals surface area contributed by atoms with Crippen molar-refractivity contribution in [1.82, 2.24) is 18.7 Å². The molecule has 5 aromatic rings. The zero-order valence-electron chi connectivity index (χ0n) is 27.6. The second kappa shape index (κ2) is 13.7. The molecule has 260 valence electrons. The summed E-state index contributed by atoms with van der Waals surface area (Å²) in [5.41, 5.74) is 3.09. The van der Waals surface area contributed by atoms with Crippen LogP contribution in [-0.4, -0.2) is 59.2 Å². The van der Waals surface area contributed by atoms with E-state index in [0.29, 0.717) is 54.2 Å². The molecule has 11 nitrogen and oxygen atoms in total. The summed E-state index contributed by atoms with van der Waals surface area (Å²) in [7, 11) is -8.04. The van der Waals surface area contributed by atoms with Crippen LogP contribution in [0.25, 0.3) is 22.3 Å². The molecule has 0 amide bonds. The van der Waals surface area contributed by atoms with Crippen molar-refractivity contribution in [3.8, 4) is 22.9 Å². The quantitative estimate of drug-likeness (QED) is 0.135. The SMILES string of the molecule is CCOC(=O)CCc1cccc(Cn2cnc(-c3cccc(Oc4ccc5c(ccn5S(=O)(=O)C5(C)CC=C(S(C)(=O)=O)C=C5F)c4)c3)n2)c1. The lowest BCUT2D eigenvalue weighted by atomic mass is 10.0. The maximum absolute atomic E-state index is 15.3. The predicted molar refractivity (Wildman–Crippen MR) is 187 cm³/mol. The van der Waals surface area contributed by atoms with Gasteiger partial charge in [0, 0.05) is 29.8 Å². The summed E-state index contributed by atoms with van der Waals surface area (Å²) in [4.78, 5) is 16.0. The van der Waals surface area contributed by atoms with E-state index in [4.69, 9.17) is 9.47 Å². The van der Waals surface area contributed by atoms with Crippen molar-refractivity contribution in [3.05, 3.63) is 119 Å². The van der Waals surface area contributed by atoms with E-state index in [1.54, 1.807) is 54.3 Å². The Morgan fingerprint density at radius 2 is 1.74 bits per heavy atom. The molecule has 0 saturated carbocycles. The number of hydrogen-bond acceptors (Lipinski definition) is 9. The minimum absolute atomic E-state index is 0.220. The molecule has 0 fully saturated rings. The standard InChI is InChI=1S/C36H35FN4O7S2/c1-4-47-34(42)14-11-25-7-5-8-26(19-25)23-40-24-38-35(39-40)28-9-6-10-29(21-28)48-30-12-13-32-27(20-30)16-18-41(32)50(45,46)36(2)17-15-31(22-33(36)37)49(3,43)44/h5-10,12-13,15-16,18-22,24H,4,11,14,17,23H2,1-3H3. The van der Waals surface area contributed by atoms with Gasteiger partial charge in [0.05, 0.1) is 23.6 Å². The van der Waals surface area contributed by atoms with Crippen LogP contribution >= 0.6 is 0 Å². The third-order valence-electron chi connectivity index (χ3n) is 8.47. The Labute approximate surface area is 289 Å². The largest absolute Gasteiger partial charge is 0.466 e. The average Bonchev–Trinajstić information content (AvgIpc) is 3.72. The number of carbonyl (C=O) groups excluding carboxylic acids is 1. The molecule has 1 aliphatic carbocycles. The molecular weight excluding hydrogens is 684 g/mol. The Kier molecular flexibility index (Phi) is 9.51. The van der Waals surface area contributed by atoms with Gasteiger partial charge >= 0.3 is 5.97 Å². The van der Waals surface area contributed by atoms with E-state index in [2.05, 4.69) is 10.1 Å². The molecule has 0 bridgehead atoms. The number of rotatable bonds is 12. The first kappa shape index (κ1) is 34.8. The topological polar surface area (TPSA) is 139 Å². The lowest BCUT2D eigenvalue weighted by Gasteiger charge is -2.30. The third-order valence-corrected chi connectivity index (χ3v) is 12.0. The number of nitrogens with zero attached hydrogens (tertiary/aromatic N) is 4. The highest BCUT2D eigenvalue weighted by Gasteiger charge is 2.46. The minimum atomic E-state index is -4.34. The maximum atomic E-state index is 15.3. The van der Waals surface area contributed by atoms with E-state index in [0.717, 1.165) is 33.0 Å². The number of fused-ring (bicyclic) bond motifs is 1.